The lowest BCUT2D eigenvalue weighted by Crippen LogP contribution is -2.45. The highest BCUT2D eigenvalue weighted by Gasteiger charge is 2.17. The van der Waals surface area contributed by atoms with Gasteiger partial charge in [-0.1, -0.05) is 6.92 Å². The van der Waals surface area contributed by atoms with Crippen molar-refractivity contribution in [2.75, 3.05) is 33.8 Å². The summed E-state index contributed by atoms with van der Waals surface area (Å²) in [6.45, 7) is 5.30. The Bertz CT molecular complexity index is 166. The summed E-state index contributed by atoms with van der Waals surface area (Å²) < 4.78 is 7.35. The molecule has 0 radical (unpaired) electrons. The van der Waals surface area contributed by atoms with Gasteiger partial charge < -0.3 is 9.08 Å². The number of hydrogen-bond donors (Lipinski definition) is 1. The summed E-state index contributed by atoms with van der Waals surface area (Å²) in [5.41, 5.74) is 3.44. The van der Waals surface area contributed by atoms with Crippen molar-refractivity contribution in [3.63, 3.8) is 0 Å². The van der Waals surface area contributed by atoms with Crippen LogP contribution in [0.2, 0.25) is 0 Å². The van der Waals surface area contributed by atoms with Gasteiger partial charge in [0.05, 0.1) is 18.8 Å². The second-order valence-corrected chi connectivity index (χ2v) is 5.03. The minimum absolute atomic E-state index is 0. The average molecular weight is 267 g/mol. The fourth-order valence-corrected chi connectivity index (χ4v) is 2.21. The summed E-state index contributed by atoms with van der Waals surface area (Å²) in [5, 5.41) is 0. The Morgan fingerprint density at radius 3 is 2.62 bits per heavy atom. The van der Waals surface area contributed by atoms with E-state index in [9.17, 15) is 0 Å². The molecule has 0 aromatic rings. The van der Waals surface area contributed by atoms with E-state index in [-0.39, 0.29) is 13.5 Å². The SMILES string of the molecule is CCCOSN(C)NC1CCN(C)CC1.S. The van der Waals surface area contributed by atoms with Crippen LogP contribution in [0.1, 0.15) is 26.2 Å². The summed E-state index contributed by atoms with van der Waals surface area (Å²) in [7, 11) is 4.19. The molecule has 1 aliphatic heterocycles. The minimum Gasteiger partial charge on any atom is -0.306 e. The van der Waals surface area contributed by atoms with Gasteiger partial charge in [-0.05, 0) is 39.4 Å². The lowest BCUT2D eigenvalue weighted by atomic mass is 10.1. The van der Waals surface area contributed by atoms with Crippen LogP contribution in [0.15, 0.2) is 0 Å². The summed E-state index contributed by atoms with van der Waals surface area (Å²) in [6.07, 6.45) is 3.50. The van der Waals surface area contributed by atoms with Gasteiger partial charge in [-0.2, -0.15) is 17.9 Å². The predicted molar refractivity (Wildman–Crippen MR) is 75.6 cm³/mol. The van der Waals surface area contributed by atoms with Gasteiger partial charge in [0, 0.05) is 13.1 Å². The zero-order chi connectivity index (χ0) is 11.1. The first-order valence-corrected chi connectivity index (χ1v) is 6.40. The van der Waals surface area contributed by atoms with Crippen molar-refractivity contribution >= 4 is 25.7 Å². The molecule has 1 heterocycles. The molecule has 0 aliphatic carbocycles. The van der Waals surface area contributed by atoms with Crippen LogP contribution in [0.3, 0.4) is 0 Å². The van der Waals surface area contributed by atoms with Gasteiger partial charge in [0.15, 0.2) is 0 Å². The Balaban J connectivity index is 0.00000225. The summed E-state index contributed by atoms with van der Waals surface area (Å²) >= 11 is 1.40. The Morgan fingerprint density at radius 1 is 1.44 bits per heavy atom. The summed E-state index contributed by atoms with van der Waals surface area (Å²) in [6, 6.07) is 0.601. The van der Waals surface area contributed by atoms with Gasteiger partial charge in [-0.3, -0.25) is 0 Å². The number of likely N-dealkylation sites (tertiary alicyclic amines) is 1. The molecule has 1 saturated heterocycles. The number of nitrogens with zero attached hydrogens (tertiary/aromatic N) is 2. The van der Waals surface area contributed by atoms with Gasteiger partial charge in [0.1, 0.15) is 0 Å². The van der Waals surface area contributed by atoms with Crippen molar-refractivity contribution < 1.29 is 4.18 Å². The van der Waals surface area contributed by atoms with Crippen LogP contribution in [-0.4, -0.2) is 49.1 Å². The third-order valence-electron chi connectivity index (χ3n) is 2.53. The Hall–Kier alpha value is 0.540. The molecule has 1 rings (SSSR count). The lowest BCUT2D eigenvalue weighted by molar-refractivity contribution is 0.194. The van der Waals surface area contributed by atoms with Crippen molar-refractivity contribution in [1.82, 2.24) is 14.7 Å². The summed E-state index contributed by atoms with van der Waals surface area (Å²) in [4.78, 5) is 2.37. The van der Waals surface area contributed by atoms with Gasteiger partial charge in [0.25, 0.3) is 0 Å². The van der Waals surface area contributed by atoms with Crippen LogP contribution in [0.4, 0.5) is 0 Å². The summed E-state index contributed by atoms with van der Waals surface area (Å²) in [5.74, 6) is 0. The maximum absolute atomic E-state index is 5.38. The fraction of sp³-hybridized carbons (Fsp3) is 1.00. The van der Waals surface area contributed by atoms with E-state index in [0.717, 1.165) is 13.0 Å². The first-order chi connectivity index (χ1) is 7.22. The quantitative estimate of drug-likeness (QED) is 0.342. The molecule has 1 aliphatic rings. The first kappa shape index (κ1) is 16.5. The standard InChI is InChI=1S/C10H23N3OS.H2S/c1-4-9-14-15-13(3)11-10-5-7-12(2)8-6-10;/h10-11H,4-9H2,1-3H3;1H2. The molecule has 1 fully saturated rings. The normalized spacial score (nSPS) is 18.8. The molecule has 98 valence electrons. The van der Waals surface area contributed by atoms with Gasteiger partial charge >= 0.3 is 0 Å². The molecule has 0 unspecified atom stereocenters. The maximum atomic E-state index is 5.38. The van der Waals surface area contributed by atoms with Crippen LogP contribution in [-0.2, 0) is 4.18 Å². The fourth-order valence-electron chi connectivity index (χ4n) is 1.62. The lowest BCUT2D eigenvalue weighted by Gasteiger charge is -2.31. The van der Waals surface area contributed by atoms with Crippen molar-refractivity contribution in [1.29, 1.82) is 0 Å². The zero-order valence-electron chi connectivity index (χ0n) is 10.5. The highest BCUT2D eigenvalue weighted by molar-refractivity contribution is 7.92. The molecule has 0 saturated carbocycles. The van der Waals surface area contributed by atoms with Crippen molar-refractivity contribution in [3.05, 3.63) is 0 Å². The minimum atomic E-state index is 0. The van der Waals surface area contributed by atoms with Crippen molar-refractivity contribution in [2.45, 2.75) is 32.2 Å². The predicted octanol–water partition coefficient (Wildman–Crippen LogP) is 1.62. The second-order valence-electron chi connectivity index (χ2n) is 4.10. The molecule has 6 heteroatoms. The van der Waals surface area contributed by atoms with Crippen molar-refractivity contribution in [3.8, 4) is 0 Å². The molecule has 0 atom stereocenters. The molecule has 0 aromatic carbocycles. The van der Waals surface area contributed by atoms with E-state index in [2.05, 4.69) is 24.3 Å². The van der Waals surface area contributed by atoms with E-state index in [4.69, 9.17) is 4.18 Å². The topological polar surface area (TPSA) is 27.7 Å². The largest absolute Gasteiger partial charge is 0.306 e. The first-order valence-electron chi connectivity index (χ1n) is 5.70. The molecule has 1 N–H and O–H groups in total. The highest BCUT2D eigenvalue weighted by atomic mass is 32.2. The number of nitrogens with one attached hydrogen (secondary N) is 1. The van der Waals surface area contributed by atoms with E-state index in [1.807, 2.05) is 11.5 Å². The molecule has 16 heavy (non-hydrogen) atoms. The van der Waals surface area contributed by atoms with Crippen LogP contribution in [0, 0.1) is 0 Å². The Labute approximate surface area is 111 Å². The Morgan fingerprint density at radius 2 is 2.06 bits per heavy atom. The van der Waals surface area contributed by atoms with Gasteiger partial charge in [-0.15, -0.1) is 0 Å². The van der Waals surface area contributed by atoms with Gasteiger partial charge in [0.2, 0.25) is 0 Å². The smallest absolute Gasteiger partial charge is 0.0971 e. The third kappa shape index (κ3) is 6.98. The van der Waals surface area contributed by atoms with Crippen LogP contribution in [0.5, 0.6) is 0 Å². The third-order valence-corrected chi connectivity index (χ3v) is 3.14. The van der Waals surface area contributed by atoms with Crippen LogP contribution < -0.4 is 5.43 Å². The van der Waals surface area contributed by atoms with E-state index in [0.29, 0.717) is 6.04 Å². The average Bonchev–Trinajstić information content (AvgIpc) is 2.22. The van der Waals surface area contributed by atoms with E-state index in [1.165, 1.54) is 38.2 Å². The monoisotopic (exact) mass is 267 g/mol. The van der Waals surface area contributed by atoms with E-state index in [1.54, 1.807) is 0 Å². The zero-order valence-corrected chi connectivity index (χ0v) is 12.3. The molecule has 0 aromatic heterocycles. The highest BCUT2D eigenvalue weighted by Crippen LogP contribution is 2.12. The van der Waals surface area contributed by atoms with E-state index >= 15 is 0 Å². The molecular formula is C10H25N3OS2. The number of hydrogen-bond acceptors (Lipinski definition) is 5. The second kappa shape index (κ2) is 9.56. The van der Waals surface area contributed by atoms with Gasteiger partial charge in [-0.25, -0.2) is 5.43 Å². The molecule has 4 nitrogen and oxygen atoms in total. The number of piperidine rings is 1. The molecule has 0 bridgehead atoms. The van der Waals surface area contributed by atoms with E-state index < -0.39 is 0 Å². The molecule has 0 amide bonds. The van der Waals surface area contributed by atoms with Crippen LogP contribution in [0.25, 0.3) is 0 Å². The van der Waals surface area contributed by atoms with Crippen molar-refractivity contribution in [2.24, 2.45) is 0 Å². The molecular weight excluding hydrogens is 242 g/mol. The molecule has 0 spiro atoms. The van der Waals surface area contributed by atoms with Crippen LogP contribution >= 0.6 is 25.7 Å². The number of rotatable bonds is 6. The number of hydrazine groups is 1. The Kier molecular flexibility index (Phi) is 9.88. The maximum Gasteiger partial charge on any atom is 0.0971 e.